The normalized spacial score (nSPS) is 13.3. The molecule has 1 N–H and O–H groups in total. The van der Waals surface area contributed by atoms with Gasteiger partial charge < -0.3 is 4.90 Å². The second-order valence-corrected chi connectivity index (χ2v) is 3.69. The molecule has 1 atom stereocenters. The van der Waals surface area contributed by atoms with Gasteiger partial charge in [-0.15, -0.1) is 0 Å². The first-order valence-electron chi connectivity index (χ1n) is 4.21. The molecule has 0 aliphatic rings. The minimum absolute atomic E-state index is 0.650. The second-order valence-electron chi connectivity index (χ2n) is 3.69. The van der Waals surface area contributed by atoms with Crippen LogP contribution in [0.2, 0.25) is 0 Å². The van der Waals surface area contributed by atoms with Gasteiger partial charge in [-0.3, -0.25) is 5.41 Å². The maximum Gasteiger partial charge on any atom is 0.0923 e. The van der Waals surface area contributed by atoms with Crippen LogP contribution in [-0.4, -0.2) is 24.3 Å². The Kier molecular flexibility index (Phi) is 4.16. The Labute approximate surface area is 70.1 Å². The van der Waals surface area contributed by atoms with Gasteiger partial charge in [0.2, 0.25) is 0 Å². The maximum atomic E-state index is 7.36. The van der Waals surface area contributed by atoms with Gasteiger partial charge in [-0.05, 0) is 18.8 Å². The predicted octanol–water partition coefficient (Wildman–Crippen LogP) is 2.21. The topological polar surface area (TPSA) is 27.1 Å². The van der Waals surface area contributed by atoms with Gasteiger partial charge in [-0.1, -0.05) is 20.8 Å². The fourth-order valence-electron chi connectivity index (χ4n) is 0.780. The molecule has 0 fully saturated rings. The summed E-state index contributed by atoms with van der Waals surface area (Å²) in [7, 11) is 1.97. The summed E-state index contributed by atoms with van der Waals surface area (Å²) in [4.78, 5) is 1.99. The summed E-state index contributed by atoms with van der Waals surface area (Å²) in [6, 6.07) is 0. The Hall–Kier alpha value is -0.530. The molecule has 11 heavy (non-hydrogen) atoms. The summed E-state index contributed by atoms with van der Waals surface area (Å²) in [6.45, 7) is 9.49. The number of hydrogen-bond acceptors (Lipinski definition) is 1. The van der Waals surface area contributed by atoms with Crippen molar-refractivity contribution in [3.05, 3.63) is 0 Å². The van der Waals surface area contributed by atoms with Gasteiger partial charge in [0.05, 0.1) is 5.84 Å². The summed E-state index contributed by atoms with van der Waals surface area (Å²) in [5.74, 6) is 2.02. The average Bonchev–Trinajstić information content (AvgIpc) is 1.87. The van der Waals surface area contributed by atoms with E-state index >= 15 is 0 Å². The smallest absolute Gasteiger partial charge is 0.0923 e. The molecule has 1 unspecified atom stereocenters. The number of amidine groups is 1. The van der Waals surface area contributed by atoms with Crippen molar-refractivity contribution in [2.75, 3.05) is 13.6 Å². The van der Waals surface area contributed by atoms with Crippen molar-refractivity contribution in [2.24, 2.45) is 11.8 Å². The van der Waals surface area contributed by atoms with Crippen LogP contribution in [0.1, 0.15) is 27.7 Å². The number of rotatable bonds is 3. The monoisotopic (exact) mass is 156 g/mol. The average molecular weight is 156 g/mol. The van der Waals surface area contributed by atoms with Gasteiger partial charge >= 0.3 is 0 Å². The van der Waals surface area contributed by atoms with E-state index in [9.17, 15) is 0 Å². The third-order valence-corrected chi connectivity index (χ3v) is 2.27. The van der Waals surface area contributed by atoms with Gasteiger partial charge in [0.25, 0.3) is 0 Å². The molecule has 0 amide bonds. The molecule has 0 aromatic carbocycles. The van der Waals surface area contributed by atoms with Gasteiger partial charge in [-0.2, -0.15) is 0 Å². The summed E-state index contributed by atoms with van der Waals surface area (Å²) < 4.78 is 0. The molecular formula is C9H20N2. The van der Waals surface area contributed by atoms with Crippen LogP contribution >= 0.6 is 0 Å². The molecule has 0 bridgehead atoms. The van der Waals surface area contributed by atoms with Crippen LogP contribution in [0.25, 0.3) is 0 Å². The third-order valence-electron chi connectivity index (χ3n) is 2.27. The van der Waals surface area contributed by atoms with Crippen molar-refractivity contribution in [2.45, 2.75) is 27.7 Å². The maximum absolute atomic E-state index is 7.36. The molecule has 0 radical (unpaired) electrons. The van der Waals surface area contributed by atoms with Crippen LogP contribution < -0.4 is 0 Å². The van der Waals surface area contributed by atoms with Crippen LogP contribution in [0.3, 0.4) is 0 Å². The van der Waals surface area contributed by atoms with E-state index in [0.29, 0.717) is 17.7 Å². The zero-order chi connectivity index (χ0) is 9.02. The van der Waals surface area contributed by atoms with Crippen LogP contribution in [0, 0.1) is 17.2 Å². The summed E-state index contributed by atoms with van der Waals surface area (Å²) in [5, 5.41) is 7.36. The molecule has 0 aliphatic heterocycles. The van der Waals surface area contributed by atoms with Crippen molar-refractivity contribution in [3.63, 3.8) is 0 Å². The third kappa shape index (κ3) is 4.02. The molecule has 0 aromatic rings. The van der Waals surface area contributed by atoms with E-state index in [1.165, 1.54) is 0 Å². The van der Waals surface area contributed by atoms with Gasteiger partial charge in [0, 0.05) is 13.6 Å². The largest absolute Gasteiger partial charge is 0.364 e. The molecule has 0 aliphatic carbocycles. The highest BCUT2D eigenvalue weighted by atomic mass is 15.1. The van der Waals surface area contributed by atoms with Crippen LogP contribution in [0.4, 0.5) is 0 Å². The first-order valence-corrected chi connectivity index (χ1v) is 4.21. The quantitative estimate of drug-likeness (QED) is 0.492. The van der Waals surface area contributed by atoms with E-state index in [-0.39, 0.29) is 0 Å². The molecule has 0 saturated carbocycles. The van der Waals surface area contributed by atoms with Crippen LogP contribution in [-0.2, 0) is 0 Å². The fraction of sp³-hybridized carbons (Fsp3) is 0.889. The van der Waals surface area contributed by atoms with Crippen molar-refractivity contribution in [1.82, 2.24) is 4.90 Å². The van der Waals surface area contributed by atoms with Gasteiger partial charge in [0.1, 0.15) is 0 Å². The molecule has 66 valence electrons. The highest BCUT2D eigenvalue weighted by Crippen LogP contribution is 2.10. The lowest BCUT2D eigenvalue weighted by molar-refractivity contribution is 0.327. The first kappa shape index (κ1) is 10.5. The summed E-state index contributed by atoms with van der Waals surface area (Å²) >= 11 is 0. The van der Waals surface area contributed by atoms with Crippen molar-refractivity contribution >= 4 is 5.84 Å². The fourth-order valence-corrected chi connectivity index (χ4v) is 0.780. The van der Waals surface area contributed by atoms with Crippen molar-refractivity contribution < 1.29 is 0 Å². The lowest BCUT2D eigenvalue weighted by atomic mass is 9.98. The molecular weight excluding hydrogens is 136 g/mol. The SMILES string of the molecule is CC(=N)N(C)CC(C)C(C)C. The molecule has 2 nitrogen and oxygen atoms in total. The summed E-state index contributed by atoms with van der Waals surface area (Å²) in [6.07, 6.45) is 0. The molecule has 0 heterocycles. The number of nitrogens with zero attached hydrogens (tertiary/aromatic N) is 1. The summed E-state index contributed by atoms with van der Waals surface area (Å²) in [5.41, 5.74) is 0. The lowest BCUT2D eigenvalue weighted by Gasteiger charge is -2.24. The van der Waals surface area contributed by atoms with Gasteiger partial charge in [0.15, 0.2) is 0 Å². The standard InChI is InChI=1S/C9H20N2/c1-7(2)8(3)6-11(5)9(4)10/h7-8,10H,6H2,1-5H3. The Morgan fingerprint density at radius 1 is 1.36 bits per heavy atom. The second kappa shape index (κ2) is 4.37. The number of nitrogens with one attached hydrogen (secondary N) is 1. The zero-order valence-electron chi connectivity index (χ0n) is 8.31. The molecule has 0 saturated heterocycles. The Morgan fingerprint density at radius 3 is 2.09 bits per heavy atom. The minimum atomic E-state index is 0.650. The molecule has 2 heteroatoms. The van der Waals surface area contributed by atoms with E-state index in [2.05, 4.69) is 20.8 Å². The Morgan fingerprint density at radius 2 is 1.82 bits per heavy atom. The van der Waals surface area contributed by atoms with E-state index < -0.39 is 0 Å². The Balaban J connectivity index is 3.75. The minimum Gasteiger partial charge on any atom is -0.364 e. The van der Waals surface area contributed by atoms with Crippen molar-refractivity contribution in [1.29, 1.82) is 5.41 Å². The molecule has 0 aromatic heterocycles. The van der Waals surface area contributed by atoms with Gasteiger partial charge in [-0.25, -0.2) is 0 Å². The highest BCUT2D eigenvalue weighted by molar-refractivity contribution is 5.75. The van der Waals surface area contributed by atoms with E-state index in [1.54, 1.807) is 0 Å². The zero-order valence-corrected chi connectivity index (χ0v) is 8.31. The molecule has 0 rings (SSSR count). The predicted molar refractivity (Wildman–Crippen MR) is 50.0 cm³/mol. The highest BCUT2D eigenvalue weighted by Gasteiger charge is 2.09. The van der Waals surface area contributed by atoms with Crippen molar-refractivity contribution in [3.8, 4) is 0 Å². The first-order chi connectivity index (χ1) is 4.95. The van der Waals surface area contributed by atoms with E-state index in [4.69, 9.17) is 5.41 Å². The van der Waals surface area contributed by atoms with Crippen LogP contribution in [0.5, 0.6) is 0 Å². The van der Waals surface area contributed by atoms with E-state index in [1.807, 2.05) is 18.9 Å². The Bertz CT molecular complexity index is 130. The molecule has 0 spiro atoms. The lowest BCUT2D eigenvalue weighted by Crippen LogP contribution is -2.30. The number of hydrogen-bond donors (Lipinski definition) is 1. The van der Waals surface area contributed by atoms with Crippen LogP contribution in [0.15, 0.2) is 0 Å². The van der Waals surface area contributed by atoms with E-state index in [0.717, 1.165) is 6.54 Å².